The lowest BCUT2D eigenvalue weighted by Crippen LogP contribution is -2.06. The molecule has 0 saturated heterocycles. The molecular weight excluding hydrogens is 214 g/mol. The van der Waals surface area contributed by atoms with Crippen molar-refractivity contribution in [3.05, 3.63) is 24.0 Å². The first-order valence-corrected chi connectivity index (χ1v) is 5.87. The average molecular weight is 235 g/mol. The molecule has 4 heteroatoms. The van der Waals surface area contributed by atoms with Gasteiger partial charge >= 0.3 is 0 Å². The van der Waals surface area contributed by atoms with Crippen molar-refractivity contribution >= 4 is 5.82 Å². The summed E-state index contributed by atoms with van der Waals surface area (Å²) in [5, 5.41) is 3.01. The van der Waals surface area contributed by atoms with Crippen molar-refractivity contribution in [3.8, 4) is 5.88 Å². The third-order valence-electron chi connectivity index (χ3n) is 2.27. The zero-order valence-corrected chi connectivity index (χ0v) is 11.1. The molecule has 1 N–H and O–H groups in total. The van der Waals surface area contributed by atoms with E-state index in [1.807, 2.05) is 20.0 Å². The Labute approximate surface area is 103 Å². The van der Waals surface area contributed by atoms with Crippen LogP contribution in [-0.4, -0.2) is 23.6 Å². The molecule has 0 saturated carbocycles. The quantitative estimate of drug-likeness (QED) is 0.770. The van der Waals surface area contributed by atoms with Gasteiger partial charge < -0.3 is 10.1 Å². The number of hydrogen-bond donors (Lipinski definition) is 1. The second kappa shape index (κ2) is 6.23. The van der Waals surface area contributed by atoms with E-state index in [0.29, 0.717) is 12.5 Å². The lowest BCUT2D eigenvalue weighted by molar-refractivity contribution is 0.307. The number of rotatable bonds is 6. The largest absolute Gasteiger partial charge is 0.477 e. The van der Waals surface area contributed by atoms with Gasteiger partial charge in [-0.25, -0.2) is 4.98 Å². The van der Waals surface area contributed by atoms with E-state index < -0.39 is 0 Å². The van der Waals surface area contributed by atoms with Crippen LogP contribution in [0.25, 0.3) is 0 Å². The number of hydrogen-bond acceptors (Lipinski definition) is 4. The predicted octanol–water partition coefficient (Wildman–Crippen LogP) is 2.99. The minimum Gasteiger partial charge on any atom is -0.477 e. The lowest BCUT2D eigenvalue weighted by atomic mass is 10.2. The molecule has 4 nitrogen and oxygen atoms in total. The molecule has 0 aliphatic carbocycles. The molecule has 0 aliphatic heterocycles. The highest BCUT2D eigenvalue weighted by atomic mass is 16.5. The van der Waals surface area contributed by atoms with Crippen molar-refractivity contribution in [1.29, 1.82) is 0 Å². The molecule has 0 aliphatic rings. The van der Waals surface area contributed by atoms with Crippen molar-refractivity contribution in [1.82, 2.24) is 9.97 Å². The molecule has 0 amide bonds. The van der Waals surface area contributed by atoms with Crippen LogP contribution in [0.4, 0.5) is 5.82 Å². The maximum atomic E-state index is 5.60. The van der Waals surface area contributed by atoms with Gasteiger partial charge in [0.25, 0.3) is 0 Å². The van der Waals surface area contributed by atoms with Gasteiger partial charge in [-0.1, -0.05) is 19.4 Å². The molecular formula is C13H21N3O. The summed E-state index contributed by atoms with van der Waals surface area (Å²) in [5.41, 5.74) is 1.11. The summed E-state index contributed by atoms with van der Waals surface area (Å²) in [4.78, 5) is 8.75. The minimum atomic E-state index is 0.284. The minimum absolute atomic E-state index is 0.284. The highest BCUT2D eigenvalue weighted by molar-refractivity contribution is 5.38. The topological polar surface area (TPSA) is 47.0 Å². The normalized spacial score (nSPS) is 10.4. The van der Waals surface area contributed by atoms with E-state index in [-0.39, 0.29) is 5.92 Å². The standard InChI is InChI=1S/C13H21N3O/c1-9(2)6-7-17-12-8-11(14-5)15-13(16-12)10(3)4/h8,10H,1,6-7H2,2-5H3,(H,14,15,16). The summed E-state index contributed by atoms with van der Waals surface area (Å²) < 4.78 is 5.60. The maximum absolute atomic E-state index is 5.60. The number of aromatic nitrogens is 2. The Balaban J connectivity index is 2.76. The Morgan fingerprint density at radius 1 is 1.47 bits per heavy atom. The van der Waals surface area contributed by atoms with E-state index in [1.165, 1.54) is 0 Å². The fraction of sp³-hybridized carbons (Fsp3) is 0.538. The molecule has 0 atom stereocenters. The van der Waals surface area contributed by atoms with Crippen LogP contribution in [0.3, 0.4) is 0 Å². The fourth-order valence-electron chi connectivity index (χ4n) is 1.23. The molecule has 0 fully saturated rings. The maximum Gasteiger partial charge on any atom is 0.218 e. The lowest BCUT2D eigenvalue weighted by Gasteiger charge is -2.10. The van der Waals surface area contributed by atoms with E-state index in [1.54, 1.807) is 0 Å². The van der Waals surface area contributed by atoms with Crippen molar-refractivity contribution in [2.45, 2.75) is 33.1 Å². The summed E-state index contributed by atoms with van der Waals surface area (Å²) >= 11 is 0. The summed E-state index contributed by atoms with van der Waals surface area (Å²) in [5.74, 6) is 2.48. The molecule has 0 spiro atoms. The number of nitrogens with zero attached hydrogens (tertiary/aromatic N) is 2. The first kappa shape index (κ1) is 13.5. The van der Waals surface area contributed by atoms with Crippen LogP contribution in [-0.2, 0) is 0 Å². The van der Waals surface area contributed by atoms with Crippen LogP contribution in [0, 0.1) is 0 Å². The van der Waals surface area contributed by atoms with Crippen molar-refractivity contribution in [2.24, 2.45) is 0 Å². The number of anilines is 1. The van der Waals surface area contributed by atoms with Gasteiger partial charge in [-0.15, -0.1) is 6.58 Å². The molecule has 1 aromatic heterocycles. The molecule has 0 radical (unpaired) electrons. The Morgan fingerprint density at radius 2 is 2.18 bits per heavy atom. The SMILES string of the molecule is C=C(C)CCOc1cc(NC)nc(C(C)C)n1. The Kier molecular flexibility index (Phi) is 4.94. The molecule has 0 unspecified atom stereocenters. The van der Waals surface area contributed by atoms with Crippen LogP contribution >= 0.6 is 0 Å². The highest BCUT2D eigenvalue weighted by Crippen LogP contribution is 2.18. The van der Waals surface area contributed by atoms with E-state index in [2.05, 4.69) is 35.7 Å². The first-order valence-electron chi connectivity index (χ1n) is 5.87. The first-order chi connectivity index (χ1) is 8.02. The van der Waals surface area contributed by atoms with Crippen LogP contribution in [0.1, 0.15) is 38.9 Å². The van der Waals surface area contributed by atoms with E-state index in [0.717, 1.165) is 23.6 Å². The molecule has 1 rings (SSSR count). The van der Waals surface area contributed by atoms with Crippen molar-refractivity contribution in [3.63, 3.8) is 0 Å². The number of ether oxygens (including phenoxy) is 1. The van der Waals surface area contributed by atoms with Crippen LogP contribution < -0.4 is 10.1 Å². The van der Waals surface area contributed by atoms with Gasteiger partial charge in [0.2, 0.25) is 5.88 Å². The Morgan fingerprint density at radius 3 is 2.71 bits per heavy atom. The predicted molar refractivity (Wildman–Crippen MR) is 70.6 cm³/mol. The van der Waals surface area contributed by atoms with Gasteiger partial charge in [0.1, 0.15) is 11.6 Å². The third kappa shape index (κ3) is 4.43. The molecule has 94 valence electrons. The van der Waals surface area contributed by atoms with Crippen LogP contribution in [0.2, 0.25) is 0 Å². The molecule has 0 aromatic carbocycles. The third-order valence-corrected chi connectivity index (χ3v) is 2.27. The Bertz CT molecular complexity index is 388. The fourth-order valence-corrected chi connectivity index (χ4v) is 1.23. The van der Waals surface area contributed by atoms with E-state index in [4.69, 9.17) is 4.74 Å². The highest BCUT2D eigenvalue weighted by Gasteiger charge is 2.08. The van der Waals surface area contributed by atoms with Gasteiger partial charge in [-0.05, 0) is 6.92 Å². The molecule has 17 heavy (non-hydrogen) atoms. The number of nitrogens with one attached hydrogen (secondary N) is 1. The zero-order chi connectivity index (χ0) is 12.8. The van der Waals surface area contributed by atoms with Crippen molar-refractivity contribution in [2.75, 3.05) is 19.0 Å². The van der Waals surface area contributed by atoms with Gasteiger partial charge in [0.05, 0.1) is 6.61 Å². The van der Waals surface area contributed by atoms with Gasteiger partial charge in [0.15, 0.2) is 0 Å². The van der Waals surface area contributed by atoms with Gasteiger partial charge in [-0.3, -0.25) is 0 Å². The Hall–Kier alpha value is -1.58. The van der Waals surface area contributed by atoms with E-state index in [9.17, 15) is 0 Å². The molecule has 1 aromatic rings. The molecule has 0 bridgehead atoms. The second-order valence-corrected chi connectivity index (χ2v) is 4.41. The second-order valence-electron chi connectivity index (χ2n) is 4.41. The summed E-state index contributed by atoms with van der Waals surface area (Å²) in [6.07, 6.45) is 0.843. The summed E-state index contributed by atoms with van der Waals surface area (Å²) in [6, 6.07) is 1.81. The van der Waals surface area contributed by atoms with Crippen LogP contribution in [0.15, 0.2) is 18.2 Å². The summed E-state index contributed by atoms with van der Waals surface area (Å²) in [7, 11) is 1.84. The zero-order valence-electron chi connectivity index (χ0n) is 11.1. The average Bonchev–Trinajstić information content (AvgIpc) is 2.28. The van der Waals surface area contributed by atoms with Crippen LogP contribution in [0.5, 0.6) is 5.88 Å². The smallest absolute Gasteiger partial charge is 0.218 e. The van der Waals surface area contributed by atoms with Crippen molar-refractivity contribution < 1.29 is 4.74 Å². The van der Waals surface area contributed by atoms with E-state index >= 15 is 0 Å². The molecule has 1 heterocycles. The monoisotopic (exact) mass is 235 g/mol. The van der Waals surface area contributed by atoms with Gasteiger partial charge in [0, 0.05) is 25.5 Å². The van der Waals surface area contributed by atoms with Gasteiger partial charge in [-0.2, -0.15) is 4.98 Å². The summed E-state index contributed by atoms with van der Waals surface area (Å²) in [6.45, 7) is 10.6.